The average molecular weight is 359 g/mol. The molecule has 1 atom stereocenters. The van der Waals surface area contributed by atoms with Crippen molar-refractivity contribution in [2.45, 2.75) is 12.3 Å². The quantitative estimate of drug-likeness (QED) is 0.543. The maximum absolute atomic E-state index is 14.0. The molecule has 0 saturated heterocycles. The number of ketones is 1. The maximum Gasteiger partial charge on any atom is 0.165 e. The highest BCUT2D eigenvalue weighted by atomic mass is 19.1. The van der Waals surface area contributed by atoms with E-state index < -0.39 is 17.5 Å². The number of aromatic nitrogens is 3. The molecule has 4 aromatic rings. The van der Waals surface area contributed by atoms with Gasteiger partial charge in [0.2, 0.25) is 0 Å². The van der Waals surface area contributed by atoms with E-state index in [2.05, 4.69) is 15.0 Å². The predicted octanol–water partition coefficient (Wildman–Crippen LogP) is 3.73. The number of benzene rings is 2. The molecule has 132 valence electrons. The minimum atomic E-state index is -0.751. The van der Waals surface area contributed by atoms with Crippen molar-refractivity contribution in [3.05, 3.63) is 77.5 Å². The van der Waals surface area contributed by atoms with Gasteiger partial charge in [-0.2, -0.15) is 0 Å². The first kappa shape index (κ1) is 15.7. The number of aromatic amines is 1. The fourth-order valence-electron chi connectivity index (χ4n) is 3.86. The lowest BCUT2D eigenvalue weighted by molar-refractivity contribution is -0.119. The fourth-order valence-corrected chi connectivity index (χ4v) is 3.86. The van der Waals surface area contributed by atoms with E-state index in [1.807, 2.05) is 24.3 Å². The van der Waals surface area contributed by atoms with Crippen LogP contribution in [0, 0.1) is 5.82 Å². The van der Waals surface area contributed by atoms with Gasteiger partial charge in [-0.25, -0.2) is 14.4 Å². The zero-order valence-electron chi connectivity index (χ0n) is 14.1. The number of hydrogen-bond donors (Lipinski definition) is 2. The number of fused-ring (bicyclic) bond motifs is 2. The highest BCUT2D eigenvalue weighted by molar-refractivity contribution is 6.03. The SMILES string of the molecule is O=C1Cc2ccccc2-c2ncnc3[nH]cc(c23)C1c1ccc(O)c(F)c1. The molecule has 6 heteroatoms. The summed E-state index contributed by atoms with van der Waals surface area (Å²) >= 11 is 0. The Morgan fingerprint density at radius 1 is 1.15 bits per heavy atom. The standard InChI is InChI=1S/C21H14FN3O2/c22-15-7-12(5-6-16(15)26)18-14-9-23-21-19(14)20(24-10-25-21)13-4-2-1-3-11(13)8-17(18)27/h1-7,9-10,18,26H,8H2,(H,23,24,25). The van der Waals surface area contributed by atoms with Crippen LogP contribution < -0.4 is 0 Å². The molecular weight excluding hydrogens is 345 g/mol. The van der Waals surface area contributed by atoms with E-state index in [0.717, 1.165) is 22.2 Å². The van der Waals surface area contributed by atoms with Crippen LogP contribution in [-0.4, -0.2) is 25.8 Å². The van der Waals surface area contributed by atoms with Gasteiger partial charge in [0, 0.05) is 23.6 Å². The minimum absolute atomic E-state index is 0.0528. The number of phenolic OH excluding ortho intramolecular Hbond substituents is 1. The third-order valence-electron chi connectivity index (χ3n) is 5.08. The smallest absolute Gasteiger partial charge is 0.165 e. The van der Waals surface area contributed by atoms with Crippen molar-refractivity contribution in [1.29, 1.82) is 0 Å². The van der Waals surface area contributed by atoms with Crippen molar-refractivity contribution in [3.63, 3.8) is 0 Å². The number of rotatable bonds is 1. The number of hydrogen-bond acceptors (Lipinski definition) is 4. The number of Topliss-reactive ketones (excluding diaryl/α,β-unsaturated/α-hetero) is 1. The molecule has 0 saturated carbocycles. The van der Waals surface area contributed by atoms with E-state index in [1.54, 1.807) is 12.3 Å². The summed E-state index contributed by atoms with van der Waals surface area (Å²) in [6.07, 6.45) is 3.44. The van der Waals surface area contributed by atoms with Crippen LogP contribution in [0.1, 0.15) is 22.6 Å². The summed E-state index contributed by atoms with van der Waals surface area (Å²) in [7, 11) is 0. The van der Waals surface area contributed by atoms with Gasteiger partial charge in [0.25, 0.3) is 0 Å². The average Bonchev–Trinajstić information content (AvgIpc) is 3.08. The van der Waals surface area contributed by atoms with Crippen LogP contribution in [0.4, 0.5) is 4.39 Å². The summed E-state index contributed by atoms with van der Waals surface area (Å²) in [6.45, 7) is 0. The Labute approximate surface area is 153 Å². The van der Waals surface area contributed by atoms with Crippen LogP contribution in [0.25, 0.3) is 22.3 Å². The van der Waals surface area contributed by atoms with Gasteiger partial charge >= 0.3 is 0 Å². The number of nitrogens with zero attached hydrogens (tertiary/aromatic N) is 2. The number of carbonyl (C=O) groups excluding carboxylic acids is 1. The Balaban J connectivity index is 1.84. The lowest BCUT2D eigenvalue weighted by Crippen LogP contribution is -2.18. The van der Waals surface area contributed by atoms with Gasteiger partial charge in [0.05, 0.1) is 11.6 Å². The maximum atomic E-state index is 14.0. The lowest BCUT2D eigenvalue weighted by atomic mass is 9.81. The van der Waals surface area contributed by atoms with Crippen molar-refractivity contribution in [3.8, 4) is 17.0 Å². The van der Waals surface area contributed by atoms with Crippen molar-refractivity contribution in [2.75, 3.05) is 0 Å². The van der Waals surface area contributed by atoms with E-state index >= 15 is 0 Å². The zero-order valence-corrected chi connectivity index (χ0v) is 14.1. The van der Waals surface area contributed by atoms with Gasteiger partial charge in [-0.15, -0.1) is 0 Å². The first-order valence-corrected chi connectivity index (χ1v) is 8.55. The number of aromatic hydroxyl groups is 1. The first-order valence-electron chi connectivity index (χ1n) is 8.55. The van der Waals surface area contributed by atoms with Crippen LogP contribution in [0.3, 0.4) is 0 Å². The van der Waals surface area contributed by atoms with E-state index in [0.29, 0.717) is 16.8 Å². The van der Waals surface area contributed by atoms with E-state index in [1.165, 1.54) is 18.5 Å². The Hall–Kier alpha value is -3.54. The summed E-state index contributed by atoms with van der Waals surface area (Å²) in [5.74, 6) is -1.92. The largest absolute Gasteiger partial charge is 0.505 e. The first-order chi connectivity index (χ1) is 13.1. The molecule has 5 rings (SSSR count). The number of nitrogens with one attached hydrogen (secondary N) is 1. The molecule has 1 aliphatic rings. The highest BCUT2D eigenvalue weighted by Crippen LogP contribution is 2.40. The summed E-state index contributed by atoms with van der Waals surface area (Å²) < 4.78 is 14.0. The van der Waals surface area contributed by atoms with Crippen LogP contribution in [0.15, 0.2) is 55.0 Å². The van der Waals surface area contributed by atoms with E-state index in [9.17, 15) is 14.3 Å². The molecule has 2 N–H and O–H groups in total. The van der Waals surface area contributed by atoms with Crippen LogP contribution in [-0.2, 0) is 11.2 Å². The lowest BCUT2D eigenvalue weighted by Gasteiger charge is -2.21. The summed E-state index contributed by atoms with van der Waals surface area (Å²) in [4.78, 5) is 25.1. The van der Waals surface area contributed by atoms with Crippen molar-refractivity contribution >= 4 is 16.8 Å². The van der Waals surface area contributed by atoms with Gasteiger partial charge in [0.15, 0.2) is 11.6 Å². The van der Waals surface area contributed by atoms with Crippen LogP contribution in [0.5, 0.6) is 5.75 Å². The predicted molar refractivity (Wildman–Crippen MR) is 97.9 cm³/mol. The molecular formula is C21H14FN3O2. The molecule has 0 amide bonds. The summed E-state index contributed by atoms with van der Waals surface area (Å²) in [5, 5.41) is 10.3. The van der Waals surface area contributed by atoms with E-state index in [4.69, 9.17) is 0 Å². The van der Waals surface area contributed by atoms with Crippen molar-refractivity contribution < 1.29 is 14.3 Å². The molecule has 5 nitrogen and oxygen atoms in total. The second-order valence-corrected chi connectivity index (χ2v) is 6.63. The highest BCUT2D eigenvalue weighted by Gasteiger charge is 2.31. The minimum Gasteiger partial charge on any atom is -0.505 e. The molecule has 0 spiro atoms. The number of phenols is 1. The number of H-pyrrole nitrogens is 1. The third-order valence-corrected chi connectivity index (χ3v) is 5.08. The van der Waals surface area contributed by atoms with Crippen molar-refractivity contribution in [1.82, 2.24) is 15.0 Å². The Bertz CT molecular complexity index is 1220. The Morgan fingerprint density at radius 2 is 2.00 bits per heavy atom. The molecule has 1 unspecified atom stereocenters. The molecule has 1 aliphatic carbocycles. The normalized spacial score (nSPS) is 16.0. The van der Waals surface area contributed by atoms with Gasteiger partial charge in [-0.05, 0) is 28.8 Å². The molecule has 27 heavy (non-hydrogen) atoms. The Kier molecular flexibility index (Phi) is 3.33. The second-order valence-electron chi connectivity index (χ2n) is 6.63. The fraction of sp³-hybridized carbons (Fsp3) is 0.0952. The molecule has 0 fully saturated rings. The van der Waals surface area contributed by atoms with Gasteiger partial charge in [0.1, 0.15) is 17.8 Å². The topological polar surface area (TPSA) is 78.9 Å². The molecule has 0 radical (unpaired) electrons. The monoisotopic (exact) mass is 359 g/mol. The molecule has 2 aromatic heterocycles. The second kappa shape index (κ2) is 5.74. The van der Waals surface area contributed by atoms with Crippen LogP contribution in [0.2, 0.25) is 0 Å². The molecule has 0 aliphatic heterocycles. The van der Waals surface area contributed by atoms with Crippen molar-refractivity contribution in [2.24, 2.45) is 0 Å². The number of halogens is 1. The van der Waals surface area contributed by atoms with Crippen LogP contribution >= 0.6 is 0 Å². The number of carbonyl (C=O) groups is 1. The molecule has 2 aromatic carbocycles. The van der Waals surface area contributed by atoms with Gasteiger partial charge in [-0.1, -0.05) is 30.3 Å². The Morgan fingerprint density at radius 3 is 2.85 bits per heavy atom. The van der Waals surface area contributed by atoms with E-state index in [-0.39, 0.29) is 12.2 Å². The zero-order chi connectivity index (χ0) is 18.5. The third kappa shape index (κ3) is 2.33. The van der Waals surface area contributed by atoms with Gasteiger partial charge in [-0.3, -0.25) is 4.79 Å². The summed E-state index contributed by atoms with van der Waals surface area (Å²) in [6, 6.07) is 11.7. The summed E-state index contributed by atoms with van der Waals surface area (Å²) in [5.41, 5.74) is 4.36. The molecule has 2 heterocycles. The molecule has 0 bridgehead atoms. The van der Waals surface area contributed by atoms with Gasteiger partial charge < -0.3 is 10.1 Å².